The number of rotatable bonds is 1. The molecule has 0 radical (unpaired) electrons. The van der Waals surface area contributed by atoms with Crippen LogP contribution in [0.25, 0.3) is 0 Å². The Bertz CT molecular complexity index is 307. The molecule has 2 heteroatoms. The van der Waals surface area contributed by atoms with Gasteiger partial charge in [0, 0.05) is 6.07 Å². The monoisotopic (exact) mass is 178 g/mol. The third-order valence-corrected chi connectivity index (χ3v) is 2.54. The minimum absolute atomic E-state index is 0.288. The summed E-state index contributed by atoms with van der Waals surface area (Å²) in [5.74, 6) is 1.15. The van der Waals surface area contributed by atoms with Crippen LogP contribution < -0.4 is 4.74 Å². The van der Waals surface area contributed by atoms with Crippen molar-refractivity contribution in [3.05, 3.63) is 23.8 Å². The van der Waals surface area contributed by atoms with E-state index in [1.807, 2.05) is 6.07 Å². The fraction of sp³-hybridized carbons (Fsp3) is 0.455. The molecule has 70 valence electrons. The molecule has 0 aliphatic carbocycles. The van der Waals surface area contributed by atoms with Crippen molar-refractivity contribution >= 4 is 0 Å². The standard InChI is InChI=1S/C11H14O2/c1-2-10-6-4-8-3-5-9(12)7-11(8)13-10/h3,5,7,10,12H,2,4,6H2,1H3. The van der Waals surface area contributed by atoms with Crippen LogP contribution in [0.2, 0.25) is 0 Å². The second kappa shape index (κ2) is 3.29. The molecule has 0 saturated heterocycles. The second-order valence-electron chi connectivity index (χ2n) is 3.48. The second-order valence-corrected chi connectivity index (χ2v) is 3.48. The molecule has 2 rings (SSSR count). The summed E-state index contributed by atoms with van der Waals surface area (Å²) in [6, 6.07) is 5.36. The number of ether oxygens (including phenoxy) is 1. The number of hydrogen-bond donors (Lipinski definition) is 1. The largest absolute Gasteiger partial charge is 0.508 e. The molecule has 1 aromatic carbocycles. The Hall–Kier alpha value is -1.18. The third kappa shape index (κ3) is 1.62. The molecule has 1 aliphatic rings. The average Bonchev–Trinajstić information content (AvgIpc) is 2.16. The third-order valence-electron chi connectivity index (χ3n) is 2.54. The van der Waals surface area contributed by atoms with Gasteiger partial charge in [0.25, 0.3) is 0 Å². The number of benzene rings is 1. The molecule has 0 fully saturated rings. The first-order valence-electron chi connectivity index (χ1n) is 4.78. The van der Waals surface area contributed by atoms with Crippen LogP contribution in [0, 0.1) is 0 Å². The highest BCUT2D eigenvalue weighted by Crippen LogP contribution is 2.31. The van der Waals surface area contributed by atoms with Gasteiger partial charge in [0.05, 0.1) is 6.10 Å². The summed E-state index contributed by atoms with van der Waals surface area (Å²) in [6.07, 6.45) is 3.52. The number of fused-ring (bicyclic) bond motifs is 1. The predicted molar refractivity (Wildman–Crippen MR) is 51.1 cm³/mol. The number of aryl methyl sites for hydroxylation is 1. The quantitative estimate of drug-likeness (QED) is 0.716. The van der Waals surface area contributed by atoms with Crippen LogP contribution in [0.3, 0.4) is 0 Å². The van der Waals surface area contributed by atoms with E-state index in [1.54, 1.807) is 12.1 Å². The molecule has 1 unspecified atom stereocenters. The van der Waals surface area contributed by atoms with E-state index in [9.17, 15) is 5.11 Å². The fourth-order valence-electron chi connectivity index (χ4n) is 1.70. The number of phenols is 1. The maximum absolute atomic E-state index is 9.27. The van der Waals surface area contributed by atoms with Gasteiger partial charge >= 0.3 is 0 Å². The molecule has 0 bridgehead atoms. The molecule has 0 amide bonds. The Balaban J connectivity index is 2.27. The first-order chi connectivity index (χ1) is 6.29. The van der Waals surface area contributed by atoms with Crippen molar-refractivity contribution in [2.45, 2.75) is 32.3 Å². The molecule has 0 spiro atoms. The Morgan fingerprint density at radius 2 is 2.38 bits per heavy atom. The van der Waals surface area contributed by atoms with E-state index >= 15 is 0 Å². The molecule has 1 heterocycles. The summed E-state index contributed by atoms with van der Waals surface area (Å²) in [6.45, 7) is 2.12. The molecule has 1 aromatic rings. The van der Waals surface area contributed by atoms with Crippen molar-refractivity contribution in [2.24, 2.45) is 0 Å². The van der Waals surface area contributed by atoms with Crippen molar-refractivity contribution < 1.29 is 9.84 Å². The summed E-state index contributed by atoms with van der Waals surface area (Å²) in [5.41, 5.74) is 1.21. The fourth-order valence-corrected chi connectivity index (χ4v) is 1.70. The van der Waals surface area contributed by atoms with E-state index in [0.29, 0.717) is 6.10 Å². The van der Waals surface area contributed by atoms with Crippen LogP contribution in [-0.2, 0) is 6.42 Å². The van der Waals surface area contributed by atoms with E-state index in [1.165, 1.54) is 5.56 Å². The van der Waals surface area contributed by atoms with E-state index in [2.05, 4.69) is 6.92 Å². The van der Waals surface area contributed by atoms with Gasteiger partial charge in [-0.1, -0.05) is 13.0 Å². The van der Waals surface area contributed by atoms with Crippen molar-refractivity contribution in [3.8, 4) is 11.5 Å². The van der Waals surface area contributed by atoms with Crippen LogP contribution >= 0.6 is 0 Å². The SMILES string of the molecule is CCC1CCc2ccc(O)cc2O1. The first kappa shape index (κ1) is 8.42. The van der Waals surface area contributed by atoms with Gasteiger partial charge in [-0.25, -0.2) is 0 Å². The van der Waals surface area contributed by atoms with Crippen molar-refractivity contribution in [1.29, 1.82) is 0 Å². The molecule has 13 heavy (non-hydrogen) atoms. The first-order valence-corrected chi connectivity index (χ1v) is 4.78. The van der Waals surface area contributed by atoms with Gasteiger partial charge in [0.15, 0.2) is 0 Å². The number of aromatic hydroxyl groups is 1. The normalized spacial score (nSPS) is 20.5. The lowest BCUT2D eigenvalue weighted by Gasteiger charge is -2.25. The van der Waals surface area contributed by atoms with Gasteiger partial charge in [-0.15, -0.1) is 0 Å². The van der Waals surface area contributed by atoms with E-state index in [-0.39, 0.29) is 5.75 Å². The highest BCUT2D eigenvalue weighted by Gasteiger charge is 2.17. The lowest BCUT2D eigenvalue weighted by molar-refractivity contribution is 0.169. The van der Waals surface area contributed by atoms with E-state index in [4.69, 9.17) is 4.74 Å². The molecule has 1 aliphatic heterocycles. The van der Waals surface area contributed by atoms with Gasteiger partial charge in [-0.05, 0) is 30.9 Å². The van der Waals surface area contributed by atoms with Crippen molar-refractivity contribution in [3.63, 3.8) is 0 Å². The van der Waals surface area contributed by atoms with Gasteiger partial charge < -0.3 is 9.84 Å². The van der Waals surface area contributed by atoms with E-state index < -0.39 is 0 Å². The zero-order chi connectivity index (χ0) is 9.26. The van der Waals surface area contributed by atoms with E-state index in [0.717, 1.165) is 25.0 Å². The molecule has 0 aromatic heterocycles. The zero-order valence-electron chi connectivity index (χ0n) is 7.79. The molecule has 1 N–H and O–H groups in total. The van der Waals surface area contributed by atoms with Crippen molar-refractivity contribution in [1.82, 2.24) is 0 Å². The van der Waals surface area contributed by atoms with Gasteiger partial charge in [-0.3, -0.25) is 0 Å². The summed E-state index contributed by atoms with van der Waals surface area (Å²) in [5, 5.41) is 9.27. The lowest BCUT2D eigenvalue weighted by Crippen LogP contribution is -2.21. The summed E-state index contributed by atoms with van der Waals surface area (Å²) < 4.78 is 5.70. The summed E-state index contributed by atoms with van der Waals surface area (Å²) in [4.78, 5) is 0. The van der Waals surface area contributed by atoms with Gasteiger partial charge in [-0.2, -0.15) is 0 Å². The van der Waals surface area contributed by atoms with Crippen LogP contribution in [0.5, 0.6) is 11.5 Å². The molecule has 0 saturated carbocycles. The number of phenolic OH excluding ortho intramolecular Hbond substituents is 1. The van der Waals surface area contributed by atoms with Gasteiger partial charge in [0.2, 0.25) is 0 Å². The lowest BCUT2D eigenvalue weighted by atomic mass is 10.0. The smallest absolute Gasteiger partial charge is 0.126 e. The maximum Gasteiger partial charge on any atom is 0.126 e. The Labute approximate surface area is 78.2 Å². The van der Waals surface area contributed by atoms with Gasteiger partial charge in [0.1, 0.15) is 11.5 Å². The zero-order valence-corrected chi connectivity index (χ0v) is 7.79. The Morgan fingerprint density at radius 3 is 3.15 bits per heavy atom. The highest BCUT2D eigenvalue weighted by atomic mass is 16.5. The average molecular weight is 178 g/mol. The maximum atomic E-state index is 9.27. The summed E-state index contributed by atoms with van der Waals surface area (Å²) in [7, 11) is 0. The molecular weight excluding hydrogens is 164 g/mol. The van der Waals surface area contributed by atoms with Crippen LogP contribution in [0.1, 0.15) is 25.3 Å². The molecule has 1 atom stereocenters. The van der Waals surface area contributed by atoms with Crippen LogP contribution in [0.4, 0.5) is 0 Å². The molecule has 2 nitrogen and oxygen atoms in total. The topological polar surface area (TPSA) is 29.5 Å². The van der Waals surface area contributed by atoms with Crippen LogP contribution in [-0.4, -0.2) is 11.2 Å². The van der Waals surface area contributed by atoms with Crippen LogP contribution in [0.15, 0.2) is 18.2 Å². The molecular formula is C11H14O2. The minimum atomic E-state index is 0.288. The predicted octanol–water partition coefficient (Wildman–Crippen LogP) is 2.50. The Morgan fingerprint density at radius 1 is 1.54 bits per heavy atom. The number of hydrogen-bond acceptors (Lipinski definition) is 2. The minimum Gasteiger partial charge on any atom is -0.508 e. The van der Waals surface area contributed by atoms with Crippen molar-refractivity contribution in [2.75, 3.05) is 0 Å². The summed E-state index contributed by atoms with van der Waals surface area (Å²) >= 11 is 0. The highest BCUT2D eigenvalue weighted by molar-refractivity contribution is 5.41. The Kier molecular flexibility index (Phi) is 2.13.